The minimum Gasteiger partial charge on any atom is -1.00 e. The van der Waals surface area contributed by atoms with Crippen LogP contribution in [0.15, 0.2) is 55.0 Å². The number of halogens is 1. The third kappa shape index (κ3) is 13.7. The van der Waals surface area contributed by atoms with Crippen LogP contribution in [0.3, 0.4) is 0 Å². The van der Waals surface area contributed by atoms with Crippen LogP contribution in [0.4, 0.5) is 5.82 Å². The Morgan fingerprint density at radius 3 is 2.14 bits per heavy atom. The van der Waals surface area contributed by atoms with E-state index in [0.29, 0.717) is 13.1 Å². The smallest absolute Gasteiger partial charge is 0.180 e. The molecule has 0 saturated heterocycles. The molecule has 2 aromatic heterocycles. The molecule has 6 heteroatoms. The zero-order valence-corrected chi connectivity index (χ0v) is 12.9. The fourth-order valence-electron chi connectivity index (χ4n) is 0.992. The standard InChI is InChI=1S/C8H8N2.C5H5NO.C3H5N.ClH/c1-2-6-9-8-5-3-4-7-10-8;7-6-4-2-1-3-5-6;1-2-3-4;/h1,3-5,7H,6H2,(H,9,10);1-5H;1H,3-4H2;1H. The number of anilines is 1. The first-order valence-corrected chi connectivity index (χ1v) is 6.19. The molecule has 0 aliphatic carbocycles. The van der Waals surface area contributed by atoms with E-state index in [1.807, 2.05) is 18.2 Å². The molecule has 22 heavy (non-hydrogen) atoms. The molecule has 0 saturated carbocycles. The molecule has 0 unspecified atom stereocenters. The van der Waals surface area contributed by atoms with Gasteiger partial charge in [0.25, 0.3) is 0 Å². The molecular weight excluding hydrogens is 300 g/mol. The fourth-order valence-corrected chi connectivity index (χ4v) is 0.992. The molecule has 0 radical (unpaired) electrons. The Kier molecular flexibility index (Phi) is 16.0. The number of hydrogen-bond donors (Lipinski definition) is 2. The maximum Gasteiger partial charge on any atom is 0.180 e. The van der Waals surface area contributed by atoms with E-state index in [1.165, 1.54) is 12.4 Å². The summed E-state index contributed by atoms with van der Waals surface area (Å²) in [4.78, 5) is 4.01. The lowest BCUT2D eigenvalue weighted by molar-refractivity contribution is -0.605. The predicted octanol–water partition coefficient (Wildman–Crippen LogP) is -2.69. The molecule has 2 heterocycles. The van der Waals surface area contributed by atoms with Gasteiger partial charge in [0.15, 0.2) is 12.4 Å². The molecule has 0 bridgehead atoms. The number of terminal acetylenes is 2. The summed E-state index contributed by atoms with van der Waals surface area (Å²) in [6.07, 6.45) is 14.4. The summed E-state index contributed by atoms with van der Waals surface area (Å²) in [7, 11) is 0. The molecule has 4 N–H and O–H groups in total. The van der Waals surface area contributed by atoms with E-state index in [0.717, 1.165) is 10.5 Å². The highest BCUT2D eigenvalue weighted by molar-refractivity contribution is 5.34. The van der Waals surface area contributed by atoms with E-state index < -0.39 is 0 Å². The number of aromatic nitrogens is 2. The normalized spacial score (nSPS) is 7.41. The van der Waals surface area contributed by atoms with Gasteiger partial charge >= 0.3 is 0 Å². The van der Waals surface area contributed by atoms with Crippen LogP contribution in [0, 0.1) is 29.9 Å². The van der Waals surface area contributed by atoms with Gasteiger partial charge in [-0.15, -0.1) is 12.8 Å². The van der Waals surface area contributed by atoms with Crippen LogP contribution in [0.5, 0.6) is 0 Å². The average molecular weight is 319 g/mol. The van der Waals surface area contributed by atoms with Crippen LogP contribution in [0.1, 0.15) is 0 Å². The predicted molar refractivity (Wildman–Crippen MR) is 83.5 cm³/mol. The van der Waals surface area contributed by atoms with Crippen LogP contribution in [-0.2, 0) is 0 Å². The Morgan fingerprint density at radius 1 is 1.14 bits per heavy atom. The highest BCUT2D eigenvalue weighted by Crippen LogP contribution is 1.97. The van der Waals surface area contributed by atoms with Crippen molar-refractivity contribution >= 4 is 5.82 Å². The summed E-state index contributed by atoms with van der Waals surface area (Å²) < 4.78 is 0.750. The lowest BCUT2D eigenvalue weighted by Gasteiger charge is -1.97. The molecule has 2 rings (SSSR count). The van der Waals surface area contributed by atoms with Crippen molar-refractivity contribution in [1.82, 2.24) is 4.98 Å². The first-order valence-electron chi connectivity index (χ1n) is 6.19. The maximum atomic E-state index is 10.2. The second kappa shape index (κ2) is 16.3. The minimum absolute atomic E-state index is 0. The lowest BCUT2D eigenvalue weighted by atomic mass is 10.4. The molecule has 0 atom stereocenters. The van der Waals surface area contributed by atoms with Gasteiger partial charge < -0.3 is 28.7 Å². The molecule has 0 aromatic carbocycles. The number of nitrogens with one attached hydrogen (secondary N) is 1. The van der Waals surface area contributed by atoms with Crippen molar-refractivity contribution in [2.24, 2.45) is 0 Å². The molecule has 116 valence electrons. The van der Waals surface area contributed by atoms with Crippen LogP contribution in [0.2, 0.25) is 0 Å². The maximum absolute atomic E-state index is 10.2. The van der Waals surface area contributed by atoms with Crippen LogP contribution in [0.25, 0.3) is 0 Å². The Morgan fingerprint density at radius 2 is 1.77 bits per heavy atom. The van der Waals surface area contributed by atoms with Gasteiger partial charge in [-0.2, -0.15) is 4.73 Å². The van der Waals surface area contributed by atoms with E-state index in [2.05, 4.69) is 27.9 Å². The van der Waals surface area contributed by atoms with E-state index >= 15 is 0 Å². The zero-order chi connectivity index (χ0) is 15.8. The summed E-state index contributed by atoms with van der Waals surface area (Å²) >= 11 is 0. The molecule has 0 amide bonds. The number of hydrogen-bond acceptors (Lipinski definition) is 3. The van der Waals surface area contributed by atoms with Gasteiger partial charge in [0.05, 0.1) is 6.54 Å². The summed E-state index contributed by atoms with van der Waals surface area (Å²) in [6, 6.07) is 10.8. The number of rotatable bonds is 2. The van der Waals surface area contributed by atoms with Crippen LogP contribution < -0.4 is 28.2 Å². The summed E-state index contributed by atoms with van der Waals surface area (Å²) in [5.74, 6) is 5.60. The van der Waals surface area contributed by atoms with Gasteiger partial charge in [-0.25, -0.2) is 4.98 Å². The number of pyridine rings is 2. The van der Waals surface area contributed by atoms with Crippen LogP contribution >= 0.6 is 0 Å². The Bertz CT molecular complexity index is 550. The Labute approximate surface area is 137 Å². The van der Waals surface area contributed by atoms with E-state index in [9.17, 15) is 5.21 Å². The SMILES string of the molecule is C#CCNc1ccccn1.C#CC[NH3+].[Cl-].[O-][n+]1ccccc1. The van der Waals surface area contributed by atoms with Crippen molar-refractivity contribution in [2.75, 3.05) is 18.4 Å². The molecule has 0 aliphatic rings. The second-order valence-electron chi connectivity index (χ2n) is 3.46. The van der Waals surface area contributed by atoms with Crippen molar-refractivity contribution in [1.29, 1.82) is 0 Å². The fraction of sp³-hybridized carbons (Fsp3) is 0.125. The number of nitrogens with zero attached hydrogens (tertiary/aromatic N) is 2. The first-order chi connectivity index (χ1) is 10.2. The molecule has 5 nitrogen and oxygen atoms in total. The van der Waals surface area contributed by atoms with E-state index in [1.54, 1.807) is 24.4 Å². The van der Waals surface area contributed by atoms with Gasteiger partial charge in [-0.05, 0) is 18.1 Å². The monoisotopic (exact) mass is 318 g/mol. The Balaban J connectivity index is 0. The van der Waals surface area contributed by atoms with Gasteiger partial charge in [0.1, 0.15) is 12.4 Å². The van der Waals surface area contributed by atoms with Gasteiger partial charge in [-0.1, -0.05) is 18.1 Å². The number of quaternary nitrogens is 1. The molecule has 2 aromatic rings. The zero-order valence-electron chi connectivity index (χ0n) is 12.2. The minimum atomic E-state index is 0. The Hall–Kier alpha value is -2.73. The molecule has 0 spiro atoms. The average Bonchev–Trinajstić information content (AvgIpc) is 2.55. The lowest BCUT2D eigenvalue weighted by Crippen LogP contribution is -3.00. The van der Waals surface area contributed by atoms with Crippen molar-refractivity contribution in [3.05, 3.63) is 60.2 Å². The highest BCUT2D eigenvalue weighted by atomic mass is 35.5. The third-order valence-electron chi connectivity index (χ3n) is 1.87. The first kappa shape index (κ1) is 21.6. The molecule has 0 fully saturated rings. The summed E-state index contributed by atoms with van der Waals surface area (Å²) in [5, 5.41) is 13.1. The van der Waals surface area contributed by atoms with Crippen LogP contribution in [-0.4, -0.2) is 18.1 Å². The summed E-state index contributed by atoms with van der Waals surface area (Å²) in [6.45, 7) is 1.12. The van der Waals surface area contributed by atoms with Crippen molar-refractivity contribution < 1.29 is 22.9 Å². The topological polar surface area (TPSA) is 79.5 Å². The van der Waals surface area contributed by atoms with E-state index in [4.69, 9.17) is 12.8 Å². The molecular formula is C16H19ClN4O. The van der Waals surface area contributed by atoms with Crippen molar-refractivity contribution in [3.8, 4) is 24.7 Å². The third-order valence-corrected chi connectivity index (χ3v) is 1.87. The molecule has 0 aliphatic heterocycles. The quantitative estimate of drug-likeness (QED) is 0.360. The largest absolute Gasteiger partial charge is 1.00 e. The van der Waals surface area contributed by atoms with Gasteiger partial charge in [0.2, 0.25) is 0 Å². The van der Waals surface area contributed by atoms with Gasteiger partial charge in [-0.3, -0.25) is 0 Å². The second-order valence-corrected chi connectivity index (χ2v) is 3.46. The highest BCUT2D eigenvalue weighted by Gasteiger charge is 1.84. The van der Waals surface area contributed by atoms with Gasteiger partial charge in [0, 0.05) is 18.3 Å². The van der Waals surface area contributed by atoms with Crippen molar-refractivity contribution in [3.63, 3.8) is 0 Å². The summed E-state index contributed by atoms with van der Waals surface area (Å²) in [5.41, 5.74) is 3.37. The van der Waals surface area contributed by atoms with E-state index in [-0.39, 0.29) is 12.4 Å². The van der Waals surface area contributed by atoms with Crippen molar-refractivity contribution in [2.45, 2.75) is 0 Å².